The highest BCUT2D eigenvalue weighted by atomic mass is 35.5. The summed E-state index contributed by atoms with van der Waals surface area (Å²) in [5.74, 6) is -0.437. The van der Waals surface area contributed by atoms with Crippen molar-refractivity contribution in [3.63, 3.8) is 0 Å². The summed E-state index contributed by atoms with van der Waals surface area (Å²) in [7, 11) is 2.10. The molecule has 19 heavy (non-hydrogen) atoms. The van der Waals surface area contributed by atoms with Crippen molar-refractivity contribution >= 4 is 23.2 Å². The third-order valence-corrected chi connectivity index (χ3v) is 4.11. The number of hydrogen-bond donors (Lipinski definition) is 1. The Morgan fingerprint density at radius 1 is 1.21 bits per heavy atom. The molecule has 1 aliphatic rings. The van der Waals surface area contributed by atoms with Crippen LogP contribution in [0.25, 0.3) is 0 Å². The van der Waals surface area contributed by atoms with E-state index in [0.717, 1.165) is 26.2 Å². The number of halogens is 3. The molecule has 0 amide bonds. The lowest BCUT2D eigenvalue weighted by atomic mass is 10.1. The Hall–Kier alpha value is -0.390. The fourth-order valence-electron chi connectivity index (χ4n) is 2.21. The van der Waals surface area contributed by atoms with Crippen LogP contribution in [0.5, 0.6) is 0 Å². The first-order chi connectivity index (χ1) is 8.99. The maximum atomic E-state index is 13.5. The number of piperazine rings is 1. The fourth-order valence-corrected chi connectivity index (χ4v) is 2.91. The van der Waals surface area contributed by atoms with Gasteiger partial charge < -0.3 is 4.90 Å². The number of rotatable bonds is 3. The number of nitrogens with zero attached hydrogens (tertiary/aromatic N) is 2. The van der Waals surface area contributed by atoms with Crippen molar-refractivity contribution in [2.24, 2.45) is 0 Å². The average Bonchev–Trinajstić information content (AvgIpc) is 2.37. The quantitative estimate of drug-likeness (QED) is 0.866. The minimum absolute atomic E-state index is 0.0987. The minimum Gasteiger partial charge on any atom is -0.304 e. The van der Waals surface area contributed by atoms with E-state index >= 15 is 0 Å². The summed E-state index contributed by atoms with van der Waals surface area (Å²) in [6, 6.07) is 2.70. The third kappa shape index (κ3) is 3.58. The van der Waals surface area contributed by atoms with Crippen LogP contribution in [0.4, 0.5) is 4.39 Å². The summed E-state index contributed by atoms with van der Waals surface area (Å²) < 4.78 is 13.5. The normalized spacial score (nSPS) is 19.6. The van der Waals surface area contributed by atoms with Crippen LogP contribution in [-0.2, 0) is 0 Å². The molecule has 1 fully saturated rings. The van der Waals surface area contributed by atoms with Gasteiger partial charge in [0.1, 0.15) is 5.82 Å². The summed E-state index contributed by atoms with van der Waals surface area (Å²) in [4.78, 5) is 2.27. The van der Waals surface area contributed by atoms with Crippen LogP contribution >= 0.6 is 23.2 Å². The van der Waals surface area contributed by atoms with Crippen molar-refractivity contribution < 1.29 is 4.39 Å². The Balaban J connectivity index is 2.08. The number of benzene rings is 1. The summed E-state index contributed by atoms with van der Waals surface area (Å²) in [6.45, 7) is 5.79. The molecule has 1 aliphatic heterocycles. The fraction of sp³-hybridized carbons (Fsp3) is 0.538. The molecule has 1 aromatic carbocycles. The van der Waals surface area contributed by atoms with E-state index in [2.05, 4.69) is 22.4 Å². The van der Waals surface area contributed by atoms with Gasteiger partial charge in [-0.1, -0.05) is 23.2 Å². The lowest BCUT2D eigenvalue weighted by Gasteiger charge is -2.35. The van der Waals surface area contributed by atoms with Gasteiger partial charge in [0.15, 0.2) is 0 Å². The van der Waals surface area contributed by atoms with Gasteiger partial charge in [-0.05, 0) is 26.1 Å². The molecule has 1 unspecified atom stereocenters. The van der Waals surface area contributed by atoms with Crippen LogP contribution in [0.2, 0.25) is 10.0 Å². The summed E-state index contributed by atoms with van der Waals surface area (Å²) in [5, 5.41) is 2.71. The van der Waals surface area contributed by atoms with Crippen molar-refractivity contribution in [1.29, 1.82) is 0 Å². The first-order valence-electron chi connectivity index (χ1n) is 6.32. The van der Waals surface area contributed by atoms with Crippen LogP contribution in [0.3, 0.4) is 0 Å². The Morgan fingerprint density at radius 2 is 1.84 bits per heavy atom. The van der Waals surface area contributed by atoms with Gasteiger partial charge in [-0.2, -0.15) is 0 Å². The Labute approximate surface area is 123 Å². The lowest BCUT2D eigenvalue weighted by Crippen LogP contribution is -2.51. The van der Waals surface area contributed by atoms with Gasteiger partial charge in [-0.25, -0.2) is 14.8 Å². The molecule has 6 heteroatoms. The van der Waals surface area contributed by atoms with Crippen molar-refractivity contribution in [3.8, 4) is 0 Å². The zero-order valence-electron chi connectivity index (χ0n) is 11.1. The molecule has 0 aliphatic carbocycles. The topological polar surface area (TPSA) is 18.5 Å². The van der Waals surface area contributed by atoms with Crippen LogP contribution in [0, 0.1) is 5.82 Å². The largest absolute Gasteiger partial charge is 0.304 e. The van der Waals surface area contributed by atoms with Crippen molar-refractivity contribution in [2.75, 3.05) is 33.2 Å². The predicted octanol–water partition coefficient (Wildman–Crippen LogP) is 2.95. The van der Waals surface area contributed by atoms with Gasteiger partial charge in [0.05, 0.1) is 5.02 Å². The molecular weight excluding hydrogens is 288 g/mol. The summed E-state index contributed by atoms with van der Waals surface area (Å²) in [6.07, 6.45) is 0. The molecule has 1 atom stereocenters. The van der Waals surface area contributed by atoms with Gasteiger partial charge in [-0.15, -0.1) is 0 Å². The van der Waals surface area contributed by atoms with E-state index < -0.39 is 5.82 Å². The molecule has 106 valence electrons. The molecule has 0 saturated carbocycles. The highest BCUT2D eigenvalue weighted by molar-refractivity contribution is 6.36. The molecule has 2 rings (SSSR count). The molecule has 0 spiro atoms. The van der Waals surface area contributed by atoms with Crippen LogP contribution in [0.15, 0.2) is 12.1 Å². The van der Waals surface area contributed by atoms with Gasteiger partial charge in [0.2, 0.25) is 0 Å². The van der Waals surface area contributed by atoms with Crippen LogP contribution in [0.1, 0.15) is 18.5 Å². The number of likely N-dealkylation sites (N-methyl/N-ethyl adjacent to an activating group) is 1. The maximum absolute atomic E-state index is 13.5. The summed E-state index contributed by atoms with van der Waals surface area (Å²) in [5.41, 5.74) is 3.95. The van der Waals surface area contributed by atoms with Crippen molar-refractivity contribution in [1.82, 2.24) is 15.3 Å². The predicted molar refractivity (Wildman–Crippen MR) is 77.0 cm³/mol. The lowest BCUT2D eigenvalue weighted by molar-refractivity contribution is 0.0899. The standard InChI is InChI=1S/C13H18Cl2FN3/c1-9(17-19-7-5-18(2)6-8-19)12-10(14)3-4-11(16)13(12)15/h3-4,9,17H,5-8H2,1-2H3. The average molecular weight is 306 g/mol. The Bertz CT molecular complexity index is 448. The van der Waals surface area contributed by atoms with E-state index in [1.807, 2.05) is 6.92 Å². The SMILES string of the molecule is CC(NN1CCN(C)CC1)c1c(Cl)ccc(F)c1Cl. The van der Waals surface area contributed by atoms with Gasteiger partial charge in [0.25, 0.3) is 0 Å². The first-order valence-corrected chi connectivity index (χ1v) is 7.07. The van der Waals surface area contributed by atoms with E-state index in [4.69, 9.17) is 23.2 Å². The summed E-state index contributed by atoms with van der Waals surface area (Å²) >= 11 is 12.1. The van der Waals surface area contributed by atoms with Crippen LogP contribution in [-0.4, -0.2) is 43.1 Å². The molecule has 1 heterocycles. The van der Waals surface area contributed by atoms with E-state index in [1.54, 1.807) is 6.07 Å². The van der Waals surface area contributed by atoms with Crippen molar-refractivity contribution in [3.05, 3.63) is 33.6 Å². The number of nitrogens with one attached hydrogen (secondary N) is 1. The molecule has 0 radical (unpaired) electrons. The van der Waals surface area contributed by atoms with Gasteiger partial charge in [-0.3, -0.25) is 0 Å². The monoisotopic (exact) mass is 305 g/mol. The molecule has 1 saturated heterocycles. The smallest absolute Gasteiger partial charge is 0.142 e. The maximum Gasteiger partial charge on any atom is 0.142 e. The molecular formula is C13H18Cl2FN3. The van der Waals surface area contributed by atoms with Crippen molar-refractivity contribution in [2.45, 2.75) is 13.0 Å². The molecule has 0 bridgehead atoms. The van der Waals surface area contributed by atoms with Crippen LogP contribution < -0.4 is 5.43 Å². The van der Waals surface area contributed by atoms with E-state index in [1.165, 1.54) is 6.07 Å². The highest BCUT2D eigenvalue weighted by Crippen LogP contribution is 2.32. The minimum atomic E-state index is -0.437. The number of hydrazine groups is 1. The van der Waals surface area contributed by atoms with E-state index in [0.29, 0.717) is 10.6 Å². The molecule has 3 nitrogen and oxygen atoms in total. The molecule has 0 aromatic heterocycles. The zero-order chi connectivity index (χ0) is 14.0. The second-order valence-electron chi connectivity index (χ2n) is 4.90. The zero-order valence-corrected chi connectivity index (χ0v) is 12.6. The van der Waals surface area contributed by atoms with Gasteiger partial charge in [0, 0.05) is 42.8 Å². The Kier molecular flexibility index (Phi) is 5.03. The molecule has 1 N–H and O–H groups in total. The van der Waals surface area contributed by atoms with E-state index in [-0.39, 0.29) is 11.1 Å². The number of hydrogen-bond acceptors (Lipinski definition) is 3. The first kappa shape index (κ1) is 15.0. The second-order valence-corrected chi connectivity index (χ2v) is 5.68. The second kappa shape index (κ2) is 6.37. The Morgan fingerprint density at radius 3 is 2.47 bits per heavy atom. The van der Waals surface area contributed by atoms with E-state index in [9.17, 15) is 4.39 Å². The molecule has 1 aromatic rings. The highest BCUT2D eigenvalue weighted by Gasteiger charge is 2.20. The van der Waals surface area contributed by atoms with Gasteiger partial charge >= 0.3 is 0 Å². The third-order valence-electron chi connectivity index (χ3n) is 3.39.